The first-order valence-corrected chi connectivity index (χ1v) is 10.3. The quantitative estimate of drug-likeness (QED) is 0.434. The third-order valence-electron chi connectivity index (χ3n) is 4.64. The lowest BCUT2D eigenvalue weighted by molar-refractivity contribution is -0.150. The van der Waals surface area contributed by atoms with E-state index >= 15 is 0 Å². The highest BCUT2D eigenvalue weighted by molar-refractivity contribution is 8.00. The van der Waals surface area contributed by atoms with Crippen LogP contribution in [0.15, 0.2) is 47.4 Å². The number of ether oxygens (including phenoxy) is 1. The fourth-order valence-electron chi connectivity index (χ4n) is 3.12. The zero-order valence-electron chi connectivity index (χ0n) is 16.0. The fraction of sp³-hybridized carbons (Fsp3) is 0.318. The van der Waals surface area contributed by atoms with Gasteiger partial charge in [-0.3, -0.25) is 14.4 Å². The molecule has 2 aromatic rings. The van der Waals surface area contributed by atoms with Crippen molar-refractivity contribution in [2.75, 3.05) is 11.1 Å². The van der Waals surface area contributed by atoms with Crippen molar-refractivity contribution in [1.82, 2.24) is 0 Å². The van der Waals surface area contributed by atoms with Gasteiger partial charge in [-0.05, 0) is 68.5 Å². The Bertz CT molecular complexity index is 909. The second kappa shape index (κ2) is 9.06. The normalized spacial score (nSPS) is 13.5. The Morgan fingerprint density at radius 2 is 1.89 bits per heavy atom. The van der Waals surface area contributed by atoms with Crippen LogP contribution in [-0.4, -0.2) is 29.5 Å². The molecule has 28 heavy (non-hydrogen) atoms. The Morgan fingerprint density at radius 1 is 1.11 bits per heavy atom. The lowest BCUT2D eigenvalue weighted by Gasteiger charge is -2.14. The minimum absolute atomic E-state index is 0.0841. The molecule has 0 bridgehead atoms. The number of rotatable bonds is 7. The van der Waals surface area contributed by atoms with E-state index in [0.717, 1.165) is 17.7 Å². The van der Waals surface area contributed by atoms with Gasteiger partial charge in [0.05, 0.1) is 5.75 Å². The molecule has 0 spiro atoms. The molecule has 0 saturated heterocycles. The van der Waals surface area contributed by atoms with Gasteiger partial charge in [0.1, 0.15) is 0 Å². The summed E-state index contributed by atoms with van der Waals surface area (Å²) in [6.07, 6.45) is 2.49. The molecule has 146 valence electrons. The van der Waals surface area contributed by atoms with Crippen molar-refractivity contribution in [2.45, 2.75) is 44.1 Å². The number of amides is 1. The average Bonchev–Trinajstić information content (AvgIpc) is 3.14. The van der Waals surface area contributed by atoms with Gasteiger partial charge in [0.2, 0.25) is 0 Å². The first kappa shape index (κ1) is 20.1. The first-order valence-electron chi connectivity index (χ1n) is 9.28. The molecule has 1 aliphatic rings. The van der Waals surface area contributed by atoms with Crippen LogP contribution in [0.2, 0.25) is 0 Å². The lowest BCUT2D eigenvalue weighted by Crippen LogP contribution is -2.30. The molecule has 1 amide bonds. The first-order chi connectivity index (χ1) is 13.4. The van der Waals surface area contributed by atoms with Crippen LogP contribution in [-0.2, 0) is 27.2 Å². The molecule has 1 unspecified atom stereocenters. The zero-order valence-corrected chi connectivity index (χ0v) is 16.8. The van der Waals surface area contributed by atoms with E-state index in [1.165, 1.54) is 43.2 Å². The SMILES string of the molecule is CC(=O)c1cccc(NC(=O)C(C)OC(=O)CSc2ccc3c(c2)CCC3)c1. The molecule has 1 N–H and O–H groups in total. The second-order valence-electron chi connectivity index (χ2n) is 6.83. The smallest absolute Gasteiger partial charge is 0.317 e. The number of thioether (sulfide) groups is 1. The highest BCUT2D eigenvalue weighted by Crippen LogP contribution is 2.27. The minimum atomic E-state index is -0.922. The van der Waals surface area contributed by atoms with E-state index in [2.05, 4.69) is 17.4 Å². The third kappa shape index (κ3) is 5.23. The van der Waals surface area contributed by atoms with Gasteiger partial charge in [-0.2, -0.15) is 0 Å². The lowest BCUT2D eigenvalue weighted by atomic mass is 10.1. The van der Waals surface area contributed by atoms with Gasteiger partial charge in [-0.1, -0.05) is 18.2 Å². The van der Waals surface area contributed by atoms with Gasteiger partial charge in [-0.15, -0.1) is 11.8 Å². The predicted molar refractivity (Wildman–Crippen MR) is 110 cm³/mol. The topological polar surface area (TPSA) is 72.5 Å². The molecule has 2 aromatic carbocycles. The predicted octanol–water partition coefficient (Wildman–Crippen LogP) is 4.04. The van der Waals surface area contributed by atoms with Crippen LogP contribution in [0, 0.1) is 0 Å². The Labute approximate surface area is 168 Å². The zero-order chi connectivity index (χ0) is 20.1. The van der Waals surface area contributed by atoms with E-state index in [9.17, 15) is 14.4 Å². The Balaban J connectivity index is 1.48. The van der Waals surface area contributed by atoms with E-state index in [1.54, 1.807) is 24.3 Å². The number of hydrogen-bond donors (Lipinski definition) is 1. The molecule has 1 aliphatic carbocycles. The molecule has 1 atom stereocenters. The van der Waals surface area contributed by atoms with Gasteiger partial charge in [0.25, 0.3) is 5.91 Å². The molecule has 0 aliphatic heterocycles. The summed E-state index contributed by atoms with van der Waals surface area (Å²) in [5.74, 6) is -0.808. The van der Waals surface area contributed by atoms with Gasteiger partial charge in [0.15, 0.2) is 11.9 Å². The van der Waals surface area contributed by atoms with Crippen LogP contribution in [0.1, 0.15) is 41.8 Å². The van der Waals surface area contributed by atoms with Crippen molar-refractivity contribution >= 4 is 35.1 Å². The second-order valence-corrected chi connectivity index (χ2v) is 7.88. The fourth-order valence-corrected chi connectivity index (χ4v) is 3.87. The molecule has 6 heteroatoms. The summed E-state index contributed by atoms with van der Waals surface area (Å²) >= 11 is 1.41. The number of nitrogens with one attached hydrogen (secondary N) is 1. The molecular weight excluding hydrogens is 374 g/mol. The number of esters is 1. The number of fused-ring (bicyclic) bond motifs is 1. The maximum absolute atomic E-state index is 12.3. The molecule has 3 rings (SSSR count). The van der Waals surface area contributed by atoms with Crippen molar-refractivity contribution in [2.24, 2.45) is 0 Å². The number of ketones is 1. The minimum Gasteiger partial charge on any atom is -0.452 e. The van der Waals surface area contributed by atoms with Crippen LogP contribution in [0.4, 0.5) is 5.69 Å². The maximum atomic E-state index is 12.3. The van der Waals surface area contributed by atoms with Crippen molar-refractivity contribution in [1.29, 1.82) is 0 Å². The molecule has 0 heterocycles. The number of aryl methyl sites for hydroxylation is 2. The van der Waals surface area contributed by atoms with E-state index < -0.39 is 18.0 Å². The largest absolute Gasteiger partial charge is 0.452 e. The number of hydrogen-bond acceptors (Lipinski definition) is 5. The monoisotopic (exact) mass is 397 g/mol. The summed E-state index contributed by atoms with van der Waals surface area (Å²) in [5, 5.41) is 2.67. The molecule has 0 radical (unpaired) electrons. The summed E-state index contributed by atoms with van der Waals surface area (Å²) in [6, 6.07) is 12.9. The molecule has 5 nitrogen and oxygen atoms in total. The van der Waals surface area contributed by atoms with E-state index in [1.807, 2.05) is 6.07 Å². The van der Waals surface area contributed by atoms with Crippen LogP contribution in [0.5, 0.6) is 0 Å². The molecule has 0 saturated carbocycles. The average molecular weight is 397 g/mol. The van der Waals surface area contributed by atoms with Crippen LogP contribution in [0.25, 0.3) is 0 Å². The van der Waals surface area contributed by atoms with Crippen molar-refractivity contribution in [3.05, 3.63) is 59.2 Å². The summed E-state index contributed by atoms with van der Waals surface area (Å²) in [6.45, 7) is 2.99. The van der Waals surface area contributed by atoms with Crippen molar-refractivity contribution in [3.8, 4) is 0 Å². The summed E-state index contributed by atoms with van der Waals surface area (Å²) in [7, 11) is 0. The standard InChI is InChI=1S/C22H23NO4S/c1-14(24)17-6-4-8-19(11-17)23-22(26)15(2)27-21(25)13-28-20-10-9-16-5-3-7-18(16)12-20/h4,6,8-12,15H,3,5,7,13H2,1-2H3,(H,23,26). The van der Waals surface area contributed by atoms with E-state index in [0.29, 0.717) is 11.3 Å². The Hall–Kier alpha value is -2.60. The number of carbonyl (C=O) groups excluding carboxylic acids is 3. The summed E-state index contributed by atoms with van der Waals surface area (Å²) in [5.41, 5.74) is 3.76. The number of Topliss-reactive ketones (excluding diaryl/α,β-unsaturated/α-hetero) is 1. The maximum Gasteiger partial charge on any atom is 0.317 e. The molecular formula is C22H23NO4S. The Morgan fingerprint density at radius 3 is 2.68 bits per heavy atom. The van der Waals surface area contributed by atoms with Gasteiger partial charge < -0.3 is 10.1 Å². The Kier molecular flexibility index (Phi) is 6.52. The van der Waals surface area contributed by atoms with E-state index in [-0.39, 0.29) is 11.5 Å². The highest BCUT2D eigenvalue weighted by Gasteiger charge is 2.19. The van der Waals surface area contributed by atoms with Crippen LogP contribution < -0.4 is 5.32 Å². The van der Waals surface area contributed by atoms with Crippen LogP contribution in [0.3, 0.4) is 0 Å². The van der Waals surface area contributed by atoms with Crippen molar-refractivity contribution < 1.29 is 19.1 Å². The van der Waals surface area contributed by atoms with Crippen molar-refractivity contribution in [3.63, 3.8) is 0 Å². The molecule has 0 aromatic heterocycles. The number of carbonyl (C=O) groups is 3. The van der Waals surface area contributed by atoms with Gasteiger partial charge >= 0.3 is 5.97 Å². The number of anilines is 1. The van der Waals surface area contributed by atoms with Gasteiger partial charge in [-0.25, -0.2) is 0 Å². The summed E-state index contributed by atoms with van der Waals surface area (Å²) in [4.78, 5) is 36.8. The third-order valence-corrected chi connectivity index (χ3v) is 5.61. The highest BCUT2D eigenvalue weighted by atomic mass is 32.2. The van der Waals surface area contributed by atoms with Crippen LogP contribution >= 0.6 is 11.8 Å². The molecule has 0 fully saturated rings. The summed E-state index contributed by atoms with van der Waals surface area (Å²) < 4.78 is 5.24. The van der Waals surface area contributed by atoms with Gasteiger partial charge in [0, 0.05) is 16.1 Å². The van der Waals surface area contributed by atoms with E-state index in [4.69, 9.17) is 4.74 Å². The number of benzene rings is 2.